The topological polar surface area (TPSA) is 29.5 Å². The number of furan rings is 2. The van der Waals surface area contributed by atoms with E-state index in [0.717, 1.165) is 82.8 Å². The zero-order valence-corrected chi connectivity index (χ0v) is 27.6. The maximum Gasteiger partial charge on any atom is 0.143 e. The molecule has 0 unspecified atom stereocenters. The second kappa shape index (κ2) is 10.6. The average Bonchev–Trinajstić information content (AvgIpc) is 3.86. The fourth-order valence-corrected chi connectivity index (χ4v) is 8.87. The summed E-state index contributed by atoms with van der Waals surface area (Å²) < 4.78 is 15.4. The van der Waals surface area contributed by atoms with Gasteiger partial charge in [0.15, 0.2) is 0 Å². The van der Waals surface area contributed by atoms with E-state index >= 15 is 0 Å². The molecule has 0 spiro atoms. The van der Waals surface area contributed by atoms with E-state index in [2.05, 4.69) is 150 Å². The van der Waals surface area contributed by atoms with Crippen molar-refractivity contribution in [1.82, 2.24) is 0 Å². The van der Waals surface area contributed by atoms with Gasteiger partial charge in [-0.1, -0.05) is 97.1 Å². The Morgan fingerprint density at radius 1 is 0.400 bits per heavy atom. The Kier molecular flexibility index (Phi) is 5.83. The van der Waals surface area contributed by atoms with Crippen molar-refractivity contribution in [1.29, 1.82) is 0 Å². The molecule has 4 heteroatoms. The molecular weight excluding hydrogens is 631 g/mol. The minimum atomic E-state index is 0.874. The molecule has 11 rings (SSSR count). The molecule has 0 saturated heterocycles. The van der Waals surface area contributed by atoms with Crippen molar-refractivity contribution in [3.05, 3.63) is 164 Å². The molecule has 0 fully saturated rings. The molecule has 11 aromatic rings. The summed E-state index contributed by atoms with van der Waals surface area (Å²) in [6.07, 6.45) is 0. The van der Waals surface area contributed by atoms with Crippen LogP contribution in [0.15, 0.2) is 173 Å². The fraction of sp³-hybridized carbons (Fsp3) is 0. The Morgan fingerprint density at radius 3 is 1.84 bits per heavy atom. The van der Waals surface area contributed by atoms with Crippen LogP contribution in [-0.4, -0.2) is 0 Å². The van der Waals surface area contributed by atoms with Gasteiger partial charge in [0.25, 0.3) is 0 Å². The van der Waals surface area contributed by atoms with Gasteiger partial charge < -0.3 is 13.7 Å². The third kappa shape index (κ3) is 4.09. The van der Waals surface area contributed by atoms with Crippen molar-refractivity contribution in [2.75, 3.05) is 4.90 Å². The maximum absolute atomic E-state index is 6.50. The monoisotopic (exact) mass is 657 g/mol. The highest BCUT2D eigenvalue weighted by Gasteiger charge is 2.19. The SMILES string of the molecule is c1ccc2c(c1)cc(-c1ccc(N(c3ccc4c(c3)oc3ccccc34)c3ccc4c(c3)sc3ccccc34)cc1)c1c3ccccc3oc21. The van der Waals surface area contributed by atoms with E-state index in [9.17, 15) is 0 Å². The second-order valence-electron chi connectivity index (χ2n) is 12.9. The number of para-hydroxylation sites is 2. The van der Waals surface area contributed by atoms with E-state index in [0.29, 0.717) is 0 Å². The molecule has 0 aliphatic carbocycles. The molecular formula is C46H27NO2S. The molecule has 3 aromatic heterocycles. The molecule has 3 heterocycles. The molecule has 0 atom stereocenters. The predicted molar refractivity (Wildman–Crippen MR) is 212 cm³/mol. The normalized spacial score (nSPS) is 12.0. The van der Waals surface area contributed by atoms with E-state index in [-0.39, 0.29) is 0 Å². The highest BCUT2D eigenvalue weighted by atomic mass is 32.1. The Labute approximate surface area is 290 Å². The number of hydrogen-bond acceptors (Lipinski definition) is 4. The van der Waals surface area contributed by atoms with Crippen LogP contribution >= 0.6 is 11.3 Å². The lowest BCUT2D eigenvalue weighted by molar-refractivity contribution is 0.669. The lowest BCUT2D eigenvalue weighted by atomic mass is 9.95. The third-order valence-electron chi connectivity index (χ3n) is 10.0. The first kappa shape index (κ1) is 27.6. The second-order valence-corrected chi connectivity index (χ2v) is 14.0. The van der Waals surface area contributed by atoms with Gasteiger partial charge in [-0.3, -0.25) is 0 Å². The highest BCUT2D eigenvalue weighted by Crippen LogP contribution is 2.44. The maximum atomic E-state index is 6.50. The first-order chi connectivity index (χ1) is 24.8. The summed E-state index contributed by atoms with van der Waals surface area (Å²) in [5, 5.41) is 9.40. The van der Waals surface area contributed by atoms with E-state index in [1.807, 2.05) is 29.5 Å². The third-order valence-corrected chi connectivity index (χ3v) is 11.2. The van der Waals surface area contributed by atoms with E-state index in [4.69, 9.17) is 8.83 Å². The van der Waals surface area contributed by atoms with Gasteiger partial charge in [0.05, 0.1) is 0 Å². The van der Waals surface area contributed by atoms with Gasteiger partial charge in [-0.25, -0.2) is 0 Å². The average molecular weight is 658 g/mol. The number of benzene rings is 8. The highest BCUT2D eigenvalue weighted by molar-refractivity contribution is 7.25. The number of hydrogen-bond donors (Lipinski definition) is 0. The quantitative estimate of drug-likeness (QED) is 0.189. The minimum Gasteiger partial charge on any atom is -0.456 e. The summed E-state index contributed by atoms with van der Waals surface area (Å²) in [5.74, 6) is 0. The Bertz CT molecular complexity index is 2990. The smallest absolute Gasteiger partial charge is 0.143 e. The zero-order chi connectivity index (χ0) is 32.8. The van der Waals surface area contributed by atoms with Crippen LogP contribution < -0.4 is 4.90 Å². The molecule has 0 saturated carbocycles. The molecule has 0 aliphatic rings. The summed E-state index contributed by atoms with van der Waals surface area (Å²) in [5.41, 5.74) is 9.12. The van der Waals surface area contributed by atoms with Crippen LogP contribution in [0.2, 0.25) is 0 Å². The zero-order valence-electron chi connectivity index (χ0n) is 26.8. The van der Waals surface area contributed by atoms with Gasteiger partial charge >= 0.3 is 0 Å². The van der Waals surface area contributed by atoms with Crippen molar-refractivity contribution in [3.63, 3.8) is 0 Å². The van der Waals surface area contributed by atoms with Crippen LogP contribution in [0.5, 0.6) is 0 Å². The van der Waals surface area contributed by atoms with Crippen molar-refractivity contribution < 1.29 is 8.83 Å². The van der Waals surface area contributed by atoms with Gasteiger partial charge in [0.2, 0.25) is 0 Å². The van der Waals surface area contributed by atoms with Crippen LogP contribution in [0, 0.1) is 0 Å². The first-order valence-corrected chi connectivity index (χ1v) is 17.6. The van der Waals surface area contributed by atoms with E-state index in [1.54, 1.807) is 0 Å². The molecule has 234 valence electrons. The van der Waals surface area contributed by atoms with Crippen molar-refractivity contribution >= 4 is 103 Å². The number of anilines is 3. The number of thiophene rings is 1. The van der Waals surface area contributed by atoms with Crippen LogP contribution in [0.1, 0.15) is 0 Å². The standard InChI is InChI=1S/C46H27NO2S/c1-2-10-33-29(9-1)25-39(45-38-13-4-7-15-41(38)49-46(33)45)28-17-19-30(20-18-28)47(31-21-23-35-34-11-3-6-14-40(34)48-42(35)26-31)32-22-24-37-36-12-5-8-16-43(36)50-44(37)27-32/h1-27H. The van der Waals surface area contributed by atoms with E-state index in [1.165, 1.54) is 20.2 Å². The Balaban J connectivity index is 1.10. The summed E-state index contributed by atoms with van der Waals surface area (Å²) in [4.78, 5) is 2.34. The molecule has 8 aromatic carbocycles. The number of rotatable bonds is 4. The van der Waals surface area contributed by atoms with E-state index < -0.39 is 0 Å². The Morgan fingerprint density at radius 2 is 1.00 bits per heavy atom. The molecule has 0 bridgehead atoms. The molecule has 3 nitrogen and oxygen atoms in total. The number of fused-ring (bicyclic) bond motifs is 11. The summed E-state index contributed by atoms with van der Waals surface area (Å²) in [7, 11) is 0. The van der Waals surface area contributed by atoms with Crippen molar-refractivity contribution in [2.24, 2.45) is 0 Å². The lowest BCUT2D eigenvalue weighted by Crippen LogP contribution is -2.09. The van der Waals surface area contributed by atoms with Gasteiger partial charge in [-0.15, -0.1) is 11.3 Å². The van der Waals surface area contributed by atoms with Gasteiger partial charge in [0, 0.05) is 70.2 Å². The lowest BCUT2D eigenvalue weighted by Gasteiger charge is -2.26. The minimum absolute atomic E-state index is 0.874. The fourth-order valence-electron chi connectivity index (χ4n) is 7.73. The summed E-state index contributed by atoms with van der Waals surface area (Å²) >= 11 is 1.84. The first-order valence-electron chi connectivity index (χ1n) is 16.8. The van der Waals surface area contributed by atoms with Crippen molar-refractivity contribution in [2.45, 2.75) is 0 Å². The number of nitrogens with zero attached hydrogens (tertiary/aromatic N) is 1. The van der Waals surface area contributed by atoms with Gasteiger partial charge in [-0.2, -0.15) is 0 Å². The Hall–Kier alpha value is -6.36. The molecule has 0 amide bonds. The molecule has 50 heavy (non-hydrogen) atoms. The van der Waals surface area contributed by atoms with Crippen molar-refractivity contribution in [3.8, 4) is 11.1 Å². The largest absolute Gasteiger partial charge is 0.456 e. The van der Waals surface area contributed by atoms with Crippen LogP contribution in [-0.2, 0) is 0 Å². The molecule has 0 radical (unpaired) electrons. The van der Waals surface area contributed by atoms with Gasteiger partial charge in [-0.05, 0) is 77.2 Å². The van der Waals surface area contributed by atoms with Crippen LogP contribution in [0.3, 0.4) is 0 Å². The summed E-state index contributed by atoms with van der Waals surface area (Å²) in [6.45, 7) is 0. The molecule has 0 aliphatic heterocycles. The van der Waals surface area contributed by atoms with Crippen LogP contribution in [0.25, 0.3) is 85.9 Å². The summed E-state index contributed by atoms with van der Waals surface area (Å²) in [6, 6.07) is 58.4. The van der Waals surface area contributed by atoms with Gasteiger partial charge in [0.1, 0.15) is 22.3 Å². The predicted octanol–water partition coefficient (Wildman–Crippen LogP) is 14.1. The molecule has 0 N–H and O–H groups in total. The van der Waals surface area contributed by atoms with Crippen LogP contribution in [0.4, 0.5) is 17.1 Å².